The van der Waals surface area contributed by atoms with E-state index in [4.69, 9.17) is 5.73 Å². The third-order valence-corrected chi connectivity index (χ3v) is 3.37. The van der Waals surface area contributed by atoms with Gasteiger partial charge in [0.2, 0.25) is 0 Å². The minimum absolute atomic E-state index is 0.209. The Bertz CT molecular complexity index is 432. The van der Waals surface area contributed by atoms with Crippen molar-refractivity contribution in [2.75, 3.05) is 0 Å². The average molecular weight is 324 g/mol. The zero-order chi connectivity index (χ0) is 13.3. The van der Waals surface area contributed by atoms with Crippen molar-refractivity contribution in [3.63, 3.8) is 0 Å². The highest BCUT2D eigenvalue weighted by Crippen LogP contribution is 2.40. The molecule has 0 saturated heterocycles. The van der Waals surface area contributed by atoms with Gasteiger partial charge in [0.05, 0.1) is 0 Å². The topological polar surface area (TPSA) is 35.2 Å². The summed E-state index contributed by atoms with van der Waals surface area (Å²) in [5.74, 6) is 0.330. The molecular formula is C12H13BrF3NO. The molecule has 1 aromatic carbocycles. The zero-order valence-electron chi connectivity index (χ0n) is 9.51. The molecule has 0 aliphatic heterocycles. The number of hydrogen-bond acceptors (Lipinski definition) is 2. The molecule has 1 aromatic rings. The second kappa shape index (κ2) is 5.09. The van der Waals surface area contributed by atoms with Crippen LogP contribution >= 0.6 is 15.9 Å². The van der Waals surface area contributed by atoms with E-state index in [2.05, 4.69) is 20.7 Å². The summed E-state index contributed by atoms with van der Waals surface area (Å²) in [7, 11) is 0. The van der Waals surface area contributed by atoms with E-state index in [1.54, 1.807) is 6.07 Å². The van der Waals surface area contributed by atoms with Crippen LogP contribution < -0.4 is 10.5 Å². The van der Waals surface area contributed by atoms with E-state index < -0.39 is 12.4 Å². The first-order chi connectivity index (χ1) is 8.35. The van der Waals surface area contributed by atoms with E-state index in [1.165, 1.54) is 12.1 Å². The van der Waals surface area contributed by atoms with Crippen molar-refractivity contribution >= 4 is 15.9 Å². The van der Waals surface area contributed by atoms with Gasteiger partial charge in [-0.3, -0.25) is 0 Å². The molecule has 0 heterocycles. The van der Waals surface area contributed by atoms with Crippen molar-refractivity contribution < 1.29 is 17.9 Å². The maximum Gasteiger partial charge on any atom is 0.573 e. The van der Waals surface area contributed by atoms with Gasteiger partial charge in [-0.05, 0) is 30.5 Å². The summed E-state index contributed by atoms with van der Waals surface area (Å²) in [5.41, 5.74) is 6.35. The summed E-state index contributed by atoms with van der Waals surface area (Å²) in [4.78, 5) is 0. The molecule has 100 valence electrons. The Labute approximate surface area is 111 Å². The van der Waals surface area contributed by atoms with E-state index in [0.717, 1.165) is 12.8 Å². The second-order valence-corrected chi connectivity index (χ2v) is 5.43. The van der Waals surface area contributed by atoms with Crippen molar-refractivity contribution in [3.05, 3.63) is 28.2 Å². The lowest BCUT2D eigenvalue weighted by Gasteiger charge is -2.18. The van der Waals surface area contributed by atoms with Crippen LogP contribution in [0.2, 0.25) is 0 Å². The van der Waals surface area contributed by atoms with Crippen molar-refractivity contribution in [1.29, 1.82) is 0 Å². The lowest BCUT2D eigenvalue weighted by atomic mass is 10.0. The molecule has 18 heavy (non-hydrogen) atoms. The Hall–Kier alpha value is -0.750. The summed E-state index contributed by atoms with van der Waals surface area (Å²) >= 11 is 3.23. The first kappa shape index (κ1) is 13.7. The van der Waals surface area contributed by atoms with Gasteiger partial charge < -0.3 is 10.5 Å². The SMILES string of the molecule is N[C@@H](CC1CC1)c1cc(Br)ccc1OC(F)(F)F. The number of nitrogens with two attached hydrogens (primary N) is 1. The number of benzene rings is 1. The van der Waals surface area contributed by atoms with Crippen molar-refractivity contribution in [1.82, 2.24) is 0 Å². The average Bonchev–Trinajstić information content (AvgIpc) is 3.02. The van der Waals surface area contributed by atoms with Gasteiger partial charge in [-0.2, -0.15) is 0 Å². The van der Waals surface area contributed by atoms with Gasteiger partial charge >= 0.3 is 6.36 Å². The maximum atomic E-state index is 12.3. The van der Waals surface area contributed by atoms with Crippen LogP contribution in [0.4, 0.5) is 13.2 Å². The Kier molecular flexibility index (Phi) is 3.87. The lowest BCUT2D eigenvalue weighted by Crippen LogP contribution is -2.20. The number of ether oxygens (including phenoxy) is 1. The first-order valence-electron chi connectivity index (χ1n) is 5.66. The van der Waals surface area contributed by atoms with Gasteiger partial charge in [0, 0.05) is 16.1 Å². The van der Waals surface area contributed by atoms with Gasteiger partial charge in [0.25, 0.3) is 0 Å². The monoisotopic (exact) mass is 323 g/mol. The zero-order valence-corrected chi connectivity index (χ0v) is 11.1. The molecule has 6 heteroatoms. The third kappa shape index (κ3) is 3.88. The molecule has 2 rings (SSSR count). The summed E-state index contributed by atoms with van der Waals surface area (Å²) in [5, 5.41) is 0. The Morgan fingerprint density at radius 2 is 2.06 bits per heavy atom. The molecular weight excluding hydrogens is 311 g/mol. The minimum atomic E-state index is -4.69. The standard InChI is InChI=1S/C12H13BrF3NO/c13-8-3-4-11(18-12(14,15)16)9(6-8)10(17)5-7-1-2-7/h3-4,6-7,10H,1-2,5,17H2/t10-/m0/s1. The summed E-state index contributed by atoms with van der Waals surface area (Å²) in [6.45, 7) is 0. The van der Waals surface area contributed by atoms with Crippen molar-refractivity contribution in [3.8, 4) is 5.75 Å². The molecule has 0 radical (unpaired) electrons. The Morgan fingerprint density at radius 3 is 2.61 bits per heavy atom. The molecule has 0 bridgehead atoms. The largest absolute Gasteiger partial charge is 0.573 e. The van der Waals surface area contributed by atoms with Gasteiger partial charge in [0.15, 0.2) is 0 Å². The molecule has 0 spiro atoms. The first-order valence-corrected chi connectivity index (χ1v) is 6.45. The van der Waals surface area contributed by atoms with Gasteiger partial charge in [-0.25, -0.2) is 0 Å². The third-order valence-electron chi connectivity index (χ3n) is 2.88. The van der Waals surface area contributed by atoms with E-state index in [0.29, 0.717) is 22.4 Å². The quantitative estimate of drug-likeness (QED) is 0.903. The number of rotatable bonds is 4. The van der Waals surface area contributed by atoms with Crippen LogP contribution in [0.1, 0.15) is 30.9 Å². The van der Waals surface area contributed by atoms with E-state index in [9.17, 15) is 13.2 Å². The number of halogens is 4. The van der Waals surface area contributed by atoms with E-state index >= 15 is 0 Å². The molecule has 1 saturated carbocycles. The molecule has 1 fully saturated rings. The van der Waals surface area contributed by atoms with Crippen LogP contribution in [0.15, 0.2) is 22.7 Å². The lowest BCUT2D eigenvalue weighted by molar-refractivity contribution is -0.275. The number of hydrogen-bond donors (Lipinski definition) is 1. The van der Waals surface area contributed by atoms with Gasteiger partial charge in [0.1, 0.15) is 5.75 Å². The molecule has 0 amide bonds. The molecule has 2 nitrogen and oxygen atoms in total. The predicted molar refractivity (Wildman–Crippen MR) is 65.1 cm³/mol. The molecule has 0 aromatic heterocycles. The summed E-state index contributed by atoms with van der Waals surface area (Å²) < 4.78 is 41.6. The van der Waals surface area contributed by atoms with Crippen LogP contribution in [0.25, 0.3) is 0 Å². The van der Waals surface area contributed by atoms with Gasteiger partial charge in [-0.15, -0.1) is 13.2 Å². The Balaban J connectivity index is 2.21. The number of alkyl halides is 3. The summed E-state index contributed by atoms with van der Waals surface area (Å²) in [6.07, 6.45) is -1.78. The van der Waals surface area contributed by atoms with Crippen LogP contribution in [-0.2, 0) is 0 Å². The van der Waals surface area contributed by atoms with E-state index in [1.807, 2.05) is 0 Å². The second-order valence-electron chi connectivity index (χ2n) is 4.52. The normalized spacial score (nSPS) is 17.6. The van der Waals surface area contributed by atoms with E-state index in [-0.39, 0.29) is 5.75 Å². The van der Waals surface area contributed by atoms with Crippen LogP contribution in [0, 0.1) is 5.92 Å². The smallest absolute Gasteiger partial charge is 0.405 e. The van der Waals surface area contributed by atoms with Gasteiger partial charge in [-0.1, -0.05) is 28.8 Å². The molecule has 0 unspecified atom stereocenters. The van der Waals surface area contributed by atoms with Crippen molar-refractivity contribution in [2.24, 2.45) is 11.7 Å². The minimum Gasteiger partial charge on any atom is -0.405 e. The highest BCUT2D eigenvalue weighted by atomic mass is 79.9. The molecule has 1 atom stereocenters. The molecule has 2 N–H and O–H groups in total. The highest BCUT2D eigenvalue weighted by molar-refractivity contribution is 9.10. The van der Waals surface area contributed by atoms with Crippen LogP contribution in [0.5, 0.6) is 5.75 Å². The fourth-order valence-corrected chi connectivity index (χ4v) is 2.25. The predicted octanol–water partition coefficient (Wildman–Crippen LogP) is 4.15. The van der Waals surface area contributed by atoms with Crippen molar-refractivity contribution in [2.45, 2.75) is 31.7 Å². The van der Waals surface area contributed by atoms with Crippen LogP contribution in [-0.4, -0.2) is 6.36 Å². The highest BCUT2D eigenvalue weighted by Gasteiger charge is 2.33. The summed E-state index contributed by atoms with van der Waals surface area (Å²) in [6, 6.07) is 3.97. The fourth-order valence-electron chi connectivity index (χ4n) is 1.87. The molecule has 1 aliphatic carbocycles. The maximum absolute atomic E-state index is 12.3. The van der Waals surface area contributed by atoms with Crippen LogP contribution in [0.3, 0.4) is 0 Å². The molecule has 1 aliphatic rings. The Morgan fingerprint density at radius 1 is 1.39 bits per heavy atom. The fraction of sp³-hybridized carbons (Fsp3) is 0.500.